The van der Waals surface area contributed by atoms with E-state index < -0.39 is 0 Å². The van der Waals surface area contributed by atoms with E-state index in [-0.39, 0.29) is 6.04 Å². The molecule has 5 heteroatoms. The quantitative estimate of drug-likeness (QED) is 0.729. The first-order chi connectivity index (χ1) is 7.85. The first-order valence-electron chi connectivity index (χ1n) is 5.21. The van der Waals surface area contributed by atoms with Gasteiger partial charge in [-0.1, -0.05) is 6.07 Å². The highest BCUT2D eigenvalue weighted by Gasteiger charge is 2.27. The molecule has 1 fully saturated rings. The molecule has 0 aliphatic carbocycles. The molecule has 1 atom stereocenters. The first kappa shape index (κ1) is 10.9. The lowest BCUT2D eigenvalue weighted by atomic mass is 10.2. The predicted molar refractivity (Wildman–Crippen MR) is 59.6 cm³/mol. The Morgan fingerprint density at radius 3 is 3.00 bits per heavy atom. The number of rotatable bonds is 2. The Balaban J connectivity index is 2.08. The van der Waals surface area contributed by atoms with Crippen LogP contribution >= 0.6 is 0 Å². The van der Waals surface area contributed by atoms with Crippen LogP contribution < -0.4 is 4.90 Å². The van der Waals surface area contributed by atoms with Crippen molar-refractivity contribution in [3.05, 3.63) is 24.4 Å². The van der Waals surface area contributed by atoms with Crippen molar-refractivity contribution < 1.29 is 4.84 Å². The standard InChI is InChI=1S/C11H14N4O/c1-16-15-7-6-14(9-10(15)8-12)11-4-2-3-5-13-11/h2-5,10H,6-7,9H2,1H3. The topological polar surface area (TPSA) is 52.4 Å². The van der Waals surface area contributed by atoms with E-state index in [0.717, 1.165) is 12.4 Å². The second-order valence-electron chi connectivity index (χ2n) is 3.60. The van der Waals surface area contributed by atoms with Crippen LogP contribution in [-0.2, 0) is 4.84 Å². The monoisotopic (exact) mass is 218 g/mol. The van der Waals surface area contributed by atoms with Crippen LogP contribution in [0.25, 0.3) is 0 Å². The van der Waals surface area contributed by atoms with E-state index >= 15 is 0 Å². The Bertz CT molecular complexity index is 375. The van der Waals surface area contributed by atoms with E-state index in [1.807, 2.05) is 18.2 Å². The highest BCUT2D eigenvalue weighted by molar-refractivity contribution is 5.39. The Morgan fingerprint density at radius 2 is 2.38 bits per heavy atom. The fourth-order valence-corrected chi connectivity index (χ4v) is 1.84. The normalized spacial score (nSPS) is 21.8. The summed E-state index contributed by atoms with van der Waals surface area (Å²) in [7, 11) is 1.60. The fraction of sp³-hybridized carbons (Fsp3) is 0.455. The molecule has 5 nitrogen and oxygen atoms in total. The fourth-order valence-electron chi connectivity index (χ4n) is 1.84. The maximum absolute atomic E-state index is 9.04. The van der Waals surface area contributed by atoms with Crippen LogP contribution in [0.3, 0.4) is 0 Å². The molecular weight excluding hydrogens is 204 g/mol. The van der Waals surface area contributed by atoms with Crippen LogP contribution in [0.4, 0.5) is 5.82 Å². The van der Waals surface area contributed by atoms with Gasteiger partial charge in [0.2, 0.25) is 0 Å². The maximum atomic E-state index is 9.04. The van der Waals surface area contributed by atoms with Crippen molar-refractivity contribution in [2.24, 2.45) is 0 Å². The number of hydrogen-bond acceptors (Lipinski definition) is 5. The van der Waals surface area contributed by atoms with E-state index in [4.69, 9.17) is 10.1 Å². The molecule has 1 aromatic heterocycles. The summed E-state index contributed by atoms with van der Waals surface area (Å²) < 4.78 is 0. The maximum Gasteiger partial charge on any atom is 0.139 e. The summed E-state index contributed by atoms with van der Waals surface area (Å²) in [6.45, 7) is 2.16. The molecule has 0 N–H and O–H groups in total. The Hall–Kier alpha value is -1.64. The van der Waals surface area contributed by atoms with Crippen molar-refractivity contribution >= 4 is 5.82 Å². The molecule has 0 radical (unpaired) electrons. The van der Waals surface area contributed by atoms with Gasteiger partial charge in [0.1, 0.15) is 11.9 Å². The van der Waals surface area contributed by atoms with Crippen LogP contribution in [0.2, 0.25) is 0 Å². The number of aromatic nitrogens is 1. The van der Waals surface area contributed by atoms with Gasteiger partial charge in [-0.2, -0.15) is 10.3 Å². The second-order valence-corrected chi connectivity index (χ2v) is 3.60. The molecule has 16 heavy (non-hydrogen) atoms. The van der Waals surface area contributed by atoms with Crippen molar-refractivity contribution in [3.63, 3.8) is 0 Å². The van der Waals surface area contributed by atoms with Gasteiger partial charge >= 0.3 is 0 Å². The van der Waals surface area contributed by atoms with Gasteiger partial charge in [0.05, 0.1) is 19.7 Å². The number of piperazine rings is 1. The smallest absolute Gasteiger partial charge is 0.139 e. The molecular formula is C11H14N4O. The third kappa shape index (κ3) is 2.13. The van der Waals surface area contributed by atoms with Gasteiger partial charge in [0, 0.05) is 19.3 Å². The molecule has 84 valence electrons. The van der Waals surface area contributed by atoms with Gasteiger partial charge in [0.25, 0.3) is 0 Å². The van der Waals surface area contributed by atoms with Crippen molar-refractivity contribution in [3.8, 4) is 6.07 Å². The Labute approximate surface area is 94.8 Å². The van der Waals surface area contributed by atoms with Crippen LogP contribution in [0, 0.1) is 11.3 Å². The molecule has 1 aromatic rings. The van der Waals surface area contributed by atoms with Gasteiger partial charge in [-0.05, 0) is 12.1 Å². The molecule has 0 saturated carbocycles. The molecule has 1 aliphatic heterocycles. The number of nitriles is 1. The summed E-state index contributed by atoms with van der Waals surface area (Å²) in [6.07, 6.45) is 1.76. The number of pyridine rings is 1. The zero-order valence-corrected chi connectivity index (χ0v) is 9.21. The molecule has 1 unspecified atom stereocenters. The highest BCUT2D eigenvalue weighted by atomic mass is 16.7. The number of hydroxylamine groups is 2. The Morgan fingerprint density at radius 1 is 1.50 bits per heavy atom. The van der Waals surface area contributed by atoms with Gasteiger partial charge in [-0.3, -0.25) is 0 Å². The van der Waals surface area contributed by atoms with Crippen molar-refractivity contribution in [2.45, 2.75) is 6.04 Å². The van der Waals surface area contributed by atoms with Gasteiger partial charge < -0.3 is 9.74 Å². The van der Waals surface area contributed by atoms with Crippen molar-refractivity contribution in [2.75, 3.05) is 31.6 Å². The third-order valence-corrected chi connectivity index (χ3v) is 2.69. The largest absolute Gasteiger partial charge is 0.353 e. The third-order valence-electron chi connectivity index (χ3n) is 2.69. The van der Waals surface area contributed by atoms with Crippen molar-refractivity contribution in [1.82, 2.24) is 10.0 Å². The first-order valence-corrected chi connectivity index (χ1v) is 5.21. The number of hydrogen-bond donors (Lipinski definition) is 0. The molecule has 2 heterocycles. The number of nitrogens with zero attached hydrogens (tertiary/aromatic N) is 4. The predicted octanol–water partition coefficient (Wildman–Crippen LogP) is 0.657. The number of anilines is 1. The van der Waals surface area contributed by atoms with Crippen LogP contribution in [0.1, 0.15) is 0 Å². The molecule has 2 rings (SSSR count). The Kier molecular flexibility index (Phi) is 3.34. The van der Waals surface area contributed by atoms with Gasteiger partial charge in [-0.15, -0.1) is 0 Å². The summed E-state index contributed by atoms with van der Waals surface area (Å²) >= 11 is 0. The van der Waals surface area contributed by atoms with Crippen LogP contribution in [0.5, 0.6) is 0 Å². The highest BCUT2D eigenvalue weighted by Crippen LogP contribution is 2.15. The molecule has 0 aromatic carbocycles. The van der Waals surface area contributed by atoms with E-state index in [2.05, 4.69) is 16.0 Å². The second kappa shape index (κ2) is 4.92. The van der Waals surface area contributed by atoms with E-state index in [9.17, 15) is 0 Å². The average molecular weight is 218 g/mol. The lowest BCUT2D eigenvalue weighted by Gasteiger charge is -2.37. The minimum atomic E-state index is -0.235. The van der Waals surface area contributed by atoms with Crippen LogP contribution in [-0.4, -0.2) is 42.8 Å². The van der Waals surface area contributed by atoms with Gasteiger partial charge in [-0.25, -0.2) is 4.98 Å². The summed E-state index contributed by atoms with van der Waals surface area (Å²) in [5.74, 6) is 0.915. The lowest BCUT2D eigenvalue weighted by molar-refractivity contribution is -0.151. The SMILES string of the molecule is CON1CCN(c2ccccn2)CC1C#N. The zero-order chi connectivity index (χ0) is 11.4. The molecule has 0 amide bonds. The summed E-state index contributed by atoms with van der Waals surface area (Å²) in [4.78, 5) is 11.5. The summed E-state index contributed by atoms with van der Waals surface area (Å²) in [5, 5.41) is 10.7. The van der Waals surface area contributed by atoms with Crippen LogP contribution in [0.15, 0.2) is 24.4 Å². The molecule has 0 spiro atoms. The average Bonchev–Trinajstić information content (AvgIpc) is 2.39. The van der Waals surface area contributed by atoms with Gasteiger partial charge in [0.15, 0.2) is 0 Å². The molecule has 1 aliphatic rings. The van der Waals surface area contributed by atoms with E-state index in [1.165, 1.54) is 0 Å². The van der Waals surface area contributed by atoms with E-state index in [0.29, 0.717) is 13.1 Å². The lowest BCUT2D eigenvalue weighted by Crippen LogP contribution is -2.52. The zero-order valence-electron chi connectivity index (χ0n) is 9.21. The summed E-state index contributed by atoms with van der Waals surface area (Å²) in [6, 6.07) is 7.79. The van der Waals surface area contributed by atoms with E-state index in [1.54, 1.807) is 18.4 Å². The summed E-state index contributed by atoms with van der Waals surface area (Å²) in [5.41, 5.74) is 0. The molecule has 1 saturated heterocycles. The minimum absolute atomic E-state index is 0.235. The van der Waals surface area contributed by atoms with Crippen molar-refractivity contribution in [1.29, 1.82) is 5.26 Å². The minimum Gasteiger partial charge on any atom is -0.353 e. The molecule has 0 bridgehead atoms.